The molecule has 0 saturated carbocycles. The number of halogens is 5. The first kappa shape index (κ1) is 20.9. The van der Waals surface area contributed by atoms with E-state index in [1.165, 1.54) is 13.0 Å². The van der Waals surface area contributed by atoms with E-state index in [9.17, 15) is 26.7 Å². The Morgan fingerprint density at radius 1 is 1.17 bits per heavy atom. The number of hydrogen-bond donors (Lipinski definition) is 1. The molecule has 1 N–H and O–H groups in total. The van der Waals surface area contributed by atoms with Gasteiger partial charge in [-0.25, -0.2) is 18.7 Å². The number of carbonyl (C=O) groups excluding carboxylic acids is 1. The molecule has 3 rings (SSSR count). The number of nitrogens with one attached hydrogen (secondary N) is 1. The summed E-state index contributed by atoms with van der Waals surface area (Å²) >= 11 is 0. The minimum absolute atomic E-state index is 0.0241. The van der Waals surface area contributed by atoms with Crippen LogP contribution in [-0.4, -0.2) is 29.0 Å². The lowest BCUT2D eigenvalue weighted by Crippen LogP contribution is -2.41. The summed E-state index contributed by atoms with van der Waals surface area (Å²) in [5.74, 6) is -1.85. The van der Waals surface area contributed by atoms with Gasteiger partial charge in [-0.15, -0.1) is 0 Å². The van der Waals surface area contributed by atoms with Gasteiger partial charge in [-0.2, -0.15) is 13.2 Å². The largest absolute Gasteiger partial charge is 0.433 e. The molecule has 156 valence electrons. The average Bonchev–Trinajstić information content (AvgIpc) is 2.66. The van der Waals surface area contributed by atoms with Crippen LogP contribution in [0.2, 0.25) is 0 Å². The number of hydrogen-bond acceptors (Lipinski definition) is 4. The number of aryl methyl sites for hydroxylation is 1. The minimum Gasteiger partial charge on any atom is -0.356 e. The zero-order valence-corrected chi connectivity index (χ0v) is 15.6. The molecule has 0 aliphatic carbocycles. The van der Waals surface area contributed by atoms with Gasteiger partial charge in [0.15, 0.2) is 0 Å². The molecule has 0 bridgehead atoms. The summed E-state index contributed by atoms with van der Waals surface area (Å²) in [7, 11) is 0. The third-order valence-electron chi connectivity index (χ3n) is 4.77. The summed E-state index contributed by atoms with van der Waals surface area (Å²) in [6.45, 7) is 2.05. The maximum Gasteiger partial charge on any atom is 0.433 e. The van der Waals surface area contributed by atoms with Crippen LogP contribution in [0.5, 0.6) is 0 Å². The zero-order chi connectivity index (χ0) is 21.2. The predicted octanol–water partition coefficient (Wildman–Crippen LogP) is 3.61. The number of nitrogens with zero attached hydrogens (tertiary/aromatic N) is 3. The summed E-state index contributed by atoms with van der Waals surface area (Å²) in [5.41, 5.74) is -0.825. The molecule has 0 atom stereocenters. The van der Waals surface area contributed by atoms with E-state index in [-0.39, 0.29) is 35.6 Å². The first-order valence-corrected chi connectivity index (χ1v) is 9.03. The quantitative estimate of drug-likeness (QED) is 0.777. The van der Waals surface area contributed by atoms with Crippen molar-refractivity contribution < 1.29 is 26.7 Å². The van der Waals surface area contributed by atoms with Crippen molar-refractivity contribution in [3.63, 3.8) is 0 Å². The molecule has 1 saturated heterocycles. The molecule has 1 aliphatic rings. The molecule has 1 fully saturated rings. The molecule has 1 aromatic heterocycles. The molecule has 2 aromatic rings. The van der Waals surface area contributed by atoms with Gasteiger partial charge in [0.25, 0.3) is 0 Å². The van der Waals surface area contributed by atoms with Gasteiger partial charge in [-0.1, -0.05) is 6.07 Å². The van der Waals surface area contributed by atoms with Gasteiger partial charge in [0.1, 0.15) is 29.0 Å². The minimum atomic E-state index is -4.56. The van der Waals surface area contributed by atoms with E-state index in [1.54, 1.807) is 4.90 Å². The van der Waals surface area contributed by atoms with E-state index in [0.717, 1.165) is 18.2 Å². The molecule has 29 heavy (non-hydrogen) atoms. The van der Waals surface area contributed by atoms with Crippen molar-refractivity contribution in [2.45, 2.75) is 32.5 Å². The molecule has 10 heteroatoms. The number of amides is 1. The van der Waals surface area contributed by atoms with E-state index in [1.807, 2.05) is 0 Å². The van der Waals surface area contributed by atoms with Crippen molar-refractivity contribution in [3.05, 3.63) is 53.0 Å². The first-order chi connectivity index (χ1) is 13.6. The lowest BCUT2D eigenvalue weighted by atomic mass is 9.95. The van der Waals surface area contributed by atoms with Gasteiger partial charge >= 0.3 is 6.18 Å². The second-order valence-electron chi connectivity index (χ2n) is 6.87. The first-order valence-electron chi connectivity index (χ1n) is 9.03. The molecule has 1 amide bonds. The van der Waals surface area contributed by atoms with Crippen LogP contribution in [0.25, 0.3) is 0 Å². The van der Waals surface area contributed by atoms with Crippen LogP contribution >= 0.6 is 0 Å². The summed E-state index contributed by atoms with van der Waals surface area (Å²) in [6.07, 6.45) is -3.72. The van der Waals surface area contributed by atoms with Gasteiger partial charge < -0.3 is 10.2 Å². The van der Waals surface area contributed by atoms with Gasteiger partial charge in [0.2, 0.25) is 5.91 Å². The number of carbonyl (C=O) groups is 1. The maximum absolute atomic E-state index is 13.6. The van der Waals surface area contributed by atoms with Crippen molar-refractivity contribution >= 4 is 11.7 Å². The summed E-state index contributed by atoms with van der Waals surface area (Å²) < 4.78 is 65.4. The number of piperidine rings is 1. The van der Waals surface area contributed by atoms with Crippen LogP contribution in [0.15, 0.2) is 24.3 Å². The summed E-state index contributed by atoms with van der Waals surface area (Å²) in [5, 5.41) is 2.63. The predicted molar refractivity (Wildman–Crippen MR) is 94.9 cm³/mol. The van der Waals surface area contributed by atoms with Crippen LogP contribution in [0.4, 0.5) is 27.8 Å². The Bertz CT molecular complexity index is 895. The fraction of sp³-hybridized carbons (Fsp3) is 0.421. The van der Waals surface area contributed by atoms with E-state index >= 15 is 0 Å². The van der Waals surface area contributed by atoms with Crippen molar-refractivity contribution in [1.82, 2.24) is 15.3 Å². The third kappa shape index (κ3) is 5.18. The fourth-order valence-corrected chi connectivity index (χ4v) is 3.22. The lowest BCUT2D eigenvalue weighted by Gasteiger charge is -2.32. The number of alkyl halides is 3. The molecule has 0 spiro atoms. The summed E-state index contributed by atoms with van der Waals surface area (Å²) in [6, 6.07) is 4.04. The zero-order valence-electron chi connectivity index (χ0n) is 15.6. The van der Waals surface area contributed by atoms with E-state index in [0.29, 0.717) is 25.9 Å². The third-order valence-corrected chi connectivity index (χ3v) is 4.77. The number of anilines is 1. The fourth-order valence-electron chi connectivity index (χ4n) is 3.22. The smallest absolute Gasteiger partial charge is 0.356 e. The van der Waals surface area contributed by atoms with Gasteiger partial charge in [-0.05, 0) is 25.8 Å². The molecule has 0 radical (unpaired) electrons. The van der Waals surface area contributed by atoms with Crippen molar-refractivity contribution in [2.75, 3.05) is 18.0 Å². The van der Waals surface area contributed by atoms with Crippen LogP contribution < -0.4 is 10.2 Å². The van der Waals surface area contributed by atoms with E-state index in [2.05, 4.69) is 15.3 Å². The molecule has 1 aromatic carbocycles. The van der Waals surface area contributed by atoms with Gasteiger partial charge in [0.05, 0.1) is 0 Å². The molecular formula is C19H19F5N4O. The number of benzene rings is 1. The average molecular weight is 414 g/mol. The SMILES string of the molecule is Cc1nc(N2CCC(C(=O)NCc3ccc(F)cc3F)CC2)cc(C(F)(F)F)n1. The topological polar surface area (TPSA) is 58.1 Å². The Morgan fingerprint density at radius 2 is 1.86 bits per heavy atom. The van der Waals surface area contributed by atoms with Gasteiger partial charge in [-0.3, -0.25) is 4.79 Å². The van der Waals surface area contributed by atoms with Crippen molar-refractivity contribution in [3.8, 4) is 0 Å². The second-order valence-corrected chi connectivity index (χ2v) is 6.87. The highest BCUT2D eigenvalue weighted by atomic mass is 19.4. The highest BCUT2D eigenvalue weighted by molar-refractivity contribution is 5.79. The number of aromatic nitrogens is 2. The second kappa shape index (κ2) is 8.30. The molecule has 5 nitrogen and oxygen atoms in total. The Morgan fingerprint density at radius 3 is 2.48 bits per heavy atom. The van der Waals surface area contributed by atoms with Crippen LogP contribution in [0.1, 0.15) is 29.9 Å². The Kier molecular flexibility index (Phi) is 5.99. The lowest BCUT2D eigenvalue weighted by molar-refractivity contribution is -0.141. The number of rotatable bonds is 4. The standard InChI is InChI=1S/C19H19F5N4O/c1-11-26-16(19(22,23)24)9-17(27-11)28-6-4-12(5-7-28)18(29)25-10-13-2-3-14(20)8-15(13)21/h2-3,8-9,12H,4-7,10H2,1H3,(H,25,29). The van der Waals surface area contributed by atoms with Crippen molar-refractivity contribution in [1.29, 1.82) is 0 Å². The van der Waals surface area contributed by atoms with E-state index < -0.39 is 23.5 Å². The highest BCUT2D eigenvalue weighted by Gasteiger charge is 2.34. The Labute approximate surface area is 164 Å². The van der Waals surface area contributed by atoms with Crippen LogP contribution in [0.3, 0.4) is 0 Å². The van der Waals surface area contributed by atoms with Crippen LogP contribution in [0, 0.1) is 24.5 Å². The Hall–Kier alpha value is -2.78. The molecule has 1 aliphatic heterocycles. The van der Waals surface area contributed by atoms with Crippen LogP contribution in [-0.2, 0) is 17.5 Å². The summed E-state index contributed by atoms with van der Waals surface area (Å²) in [4.78, 5) is 21.5. The molecule has 2 heterocycles. The van der Waals surface area contributed by atoms with Crippen molar-refractivity contribution in [2.24, 2.45) is 5.92 Å². The maximum atomic E-state index is 13.6. The molecule has 0 unspecified atom stereocenters. The van der Waals surface area contributed by atoms with E-state index in [4.69, 9.17) is 0 Å². The molecular weight excluding hydrogens is 395 g/mol. The monoisotopic (exact) mass is 414 g/mol. The Balaban J connectivity index is 1.57. The normalized spacial score (nSPS) is 15.4. The van der Waals surface area contributed by atoms with Gasteiger partial charge in [0, 0.05) is 43.2 Å². The highest BCUT2D eigenvalue weighted by Crippen LogP contribution is 2.31.